The minimum atomic E-state index is -0.723. The van der Waals surface area contributed by atoms with E-state index in [0.717, 1.165) is 5.56 Å². The highest BCUT2D eigenvalue weighted by atomic mass is 16.5. The Morgan fingerprint density at radius 3 is 2.50 bits per heavy atom. The van der Waals surface area contributed by atoms with Gasteiger partial charge in [-0.15, -0.1) is 0 Å². The fraction of sp³-hybridized carbons (Fsp3) is 0.571. The van der Waals surface area contributed by atoms with Crippen LogP contribution in [0.25, 0.3) is 0 Å². The van der Waals surface area contributed by atoms with Crippen LogP contribution < -0.4 is 15.2 Å². The second-order valence-corrected chi connectivity index (χ2v) is 5.11. The second kappa shape index (κ2) is 6.07. The largest absolute Gasteiger partial charge is 0.493 e. The highest BCUT2D eigenvalue weighted by Gasteiger charge is 2.13. The highest BCUT2D eigenvalue weighted by Crippen LogP contribution is 2.30. The number of hydrogen-bond donors (Lipinski definition) is 2. The van der Waals surface area contributed by atoms with E-state index in [1.54, 1.807) is 21.0 Å². The predicted octanol–water partition coefficient (Wildman–Crippen LogP) is 2.25. The molecule has 0 unspecified atom stereocenters. The van der Waals surface area contributed by atoms with Gasteiger partial charge in [0.05, 0.1) is 19.3 Å². The normalized spacial score (nSPS) is 13.2. The molecule has 0 radical (unpaired) electrons. The Kier molecular flexibility index (Phi) is 4.99. The van der Waals surface area contributed by atoms with Gasteiger partial charge in [-0.1, -0.05) is 6.07 Å². The molecule has 1 rings (SSSR count). The maximum absolute atomic E-state index is 9.61. The monoisotopic (exact) mass is 253 g/mol. The van der Waals surface area contributed by atoms with Crippen LogP contribution in [0.2, 0.25) is 0 Å². The van der Waals surface area contributed by atoms with Crippen molar-refractivity contribution in [3.63, 3.8) is 0 Å². The van der Waals surface area contributed by atoms with E-state index in [1.165, 1.54) is 0 Å². The second-order valence-electron chi connectivity index (χ2n) is 5.11. The summed E-state index contributed by atoms with van der Waals surface area (Å²) < 4.78 is 10.9. The first-order valence-corrected chi connectivity index (χ1v) is 6.12. The summed E-state index contributed by atoms with van der Waals surface area (Å²) in [6, 6.07) is 5.61. The van der Waals surface area contributed by atoms with Crippen LogP contribution in [0.5, 0.6) is 11.5 Å². The molecule has 1 aromatic carbocycles. The standard InChI is InChI=1S/C14H23NO3/c1-10(15)11-5-6-12(13(9-11)17-4)18-8-7-14(2,3)16/h5-6,9-10,16H,7-8,15H2,1-4H3/t10-/m1/s1. The summed E-state index contributed by atoms with van der Waals surface area (Å²) in [4.78, 5) is 0. The third kappa shape index (κ3) is 4.55. The Morgan fingerprint density at radius 1 is 1.33 bits per heavy atom. The van der Waals surface area contributed by atoms with Gasteiger partial charge in [0, 0.05) is 12.5 Å². The van der Waals surface area contributed by atoms with Crippen LogP contribution in [0.3, 0.4) is 0 Å². The lowest BCUT2D eigenvalue weighted by Gasteiger charge is -2.18. The molecule has 0 amide bonds. The van der Waals surface area contributed by atoms with Crippen LogP contribution in [-0.2, 0) is 0 Å². The van der Waals surface area contributed by atoms with E-state index < -0.39 is 5.60 Å². The van der Waals surface area contributed by atoms with Crippen LogP contribution in [0.1, 0.15) is 38.8 Å². The third-order valence-electron chi connectivity index (χ3n) is 2.68. The summed E-state index contributed by atoms with van der Waals surface area (Å²) in [5, 5.41) is 9.61. The summed E-state index contributed by atoms with van der Waals surface area (Å²) in [6.07, 6.45) is 0.561. The quantitative estimate of drug-likeness (QED) is 0.816. The molecule has 1 aromatic rings. The van der Waals surface area contributed by atoms with Crippen molar-refractivity contribution < 1.29 is 14.6 Å². The molecule has 102 valence electrons. The molecule has 18 heavy (non-hydrogen) atoms. The number of benzene rings is 1. The van der Waals surface area contributed by atoms with E-state index in [9.17, 15) is 5.11 Å². The summed E-state index contributed by atoms with van der Waals surface area (Å²) in [6.45, 7) is 5.88. The fourth-order valence-corrected chi connectivity index (χ4v) is 1.50. The Hall–Kier alpha value is -1.26. The first-order valence-electron chi connectivity index (χ1n) is 6.12. The van der Waals surface area contributed by atoms with Crippen molar-refractivity contribution in [2.45, 2.75) is 38.8 Å². The smallest absolute Gasteiger partial charge is 0.161 e. The molecular weight excluding hydrogens is 230 g/mol. The molecule has 0 bridgehead atoms. The van der Waals surface area contributed by atoms with Gasteiger partial charge in [-0.3, -0.25) is 0 Å². The van der Waals surface area contributed by atoms with Crippen molar-refractivity contribution in [3.05, 3.63) is 23.8 Å². The average Bonchev–Trinajstić information content (AvgIpc) is 2.27. The molecule has 1 atom stereocenters. The van der Waals surface area contributed by atoms with Gasteiger partial charge in [0.25, 0.3) is 0 Å². The van der Waals surface area contributed by atoms with Crippen molar-refractivity contribution >= 4 is 0 Å². The molecule has 0 aliphatic heterocycles. The fourth-order valence-electron chi connectivity index (χ4n) is 1.50. The van der Waals surface area contributed by atoms with E-state index in [1.807, 2.05) is 25.1 Å². The number of rotatable bonds is 6. The molecule has 0 heterocycles. The van der Waals surface area contributed by atoms with E-state index in [-0.39, 0.29) is 6.04 Å². The lowest BCUT2D eigenvalue weighted by molar-refractivity contribution is 0.0549. The van der Waals surface area contributed by atoms with Crippen molar-refractivity contribution in [1.29, 1.82) is 0 Å². The van der Waals surface area contributed by atoms with Crippen molar-refractivity contribution in [2.24, 2.45) is 5.73 Å². The number of ether oxygens (including phenoxy) is 2. The molecule has 3 N–H and O–H groups in total. The maximum atomic E-state index is 9.61. The Balaban J connectivity index is 2.71. The Bertz CT molecular complexity index is 383. The summed E-state index contributed by atoms with van der Waals surface area (Å²) >= 11 is 0. The van der Waals surface area contributed by atoms with Gasteiger partial charge < -0.3 is 20.3 Å². The van der Waals surface area contributed by atoms with Crippen LogP contribution in [0, 0.1) is 0 Å². The number of aliphatic hydroxyl groups is 1. The lowest BCUT2D eigenvalue weighted by atomic mass is 10.1. The minimum absolute atomic E-state index is 0.0377. The zero-order valence-corrected chi connectivity index (χ0v) is 11.6. The van der Waals surface area contributed by atoms with Crippen molar-refractivity contribution in [3.8, 4) is 11.5 Å². The predicted molar refractivity (Wildman–Crippen MR) is 72.0 cm³/mol. The first kappa shape index (κ1) is 14.8. The summed E-state index contributed by atoms with van der Waals surface area (Å²) in [7, 11) is 1.60. The van der Waals surface area contributed by atoms with Crippen molar-refractivity contribution in [1.82, 2.24) is 0 Å². The zero-order chi connectivity index (χ0) is 13.8. The molecule has 0 saturated carbocycles. The third-order valence-corrected chi connectivity index (χ3v) is 2.68. The number of nitrogens with two attached hydrogens (primary N) is 1. The van der Waals surface area contributed by atoms with E-state index in [4.69, 9.17) is 15.2 Å². The molecule has 0 spiro atoms. The van der Waals surface area contributed by atoms with Gasteiger partial charge >= 0.3 is 0 Å². The number of methoxy groups -OCH3 is 1. The molecule has 0 fully saturated rings. The first-order chi connectivity index (χ1) is 8.33. The lowest BCUT2D eigenvalue weighted by Crippen LogP contribution is -2.21. The maximum Gasteiger partial charge on any atom is 0.161 e. The Morgan fingerprint density at radius 2 is 2.00 bits per heavy atom. The van der Waals surface area contributed by atoms with Crippen molar-refractivity contribution in [2.75, 3.05) is 13.7 Å². The summed E-state index contributed by atoms with van der Waals surface area (Å²) in [5.74, 6) is 1.34. The van der Waals surface area contributed by atoms with Gasteiger partial charge in [0.15, 0.2) is 11.5 Å². The number of hydrogen-bond acceptors (Lipinski definition) is 4. The molecule has 0 aliphatic carbocycles. The van der Waals surface area contributed by atoms with E-state index >= 15 is 0 Å². The van der Waals surface area contributed by atoms with Gasteiger partial charge in [0.1, 0.15) is 0 Å². The molecule has 4 heteroatoms. The van der Waals surface area contributed by atoms with Crippen LogP contribution in [0.15, 0.2) is 18.2 Å². The zero-order valence-electron chi connectivity index (χ0n) is 11.6. The summed E-state index contributed by atoms with van der Waals surface area (Å²) in [5.41, 5.74) is 6.09. The topological polar surface area (TPSA) is 64.7 Å². The minimum Gasteiger partial charge on any atom is -0.493 e. The van der Waals surface area contributed by atoms with Gasteiger partial charge in [-0.05, 0) is 38.5 Å². The molecule has 0 aliphatic rings. The molecule has 4 nitrogen and oxygen atoms in total. The molecule has 0 aromatic heterocycles. The van der Waals surface area contributed by atoms with Crippen LogP contribution >= 0.6 is 0 Å². The highest BCUT2D eigenvalue weighted by molar-refractivity contribution is 5.43. The van der Waals surface area contributed by atoms with E-state index in [0.29, 0.717) is 24.5 Å². The Labute approximate surface area is 109 Å². The average molecular weight is 253 g/mol. The van der Waals surface area contributed by atoms with Crippen LogP contribution in [0.4, 0.5) is 0 Å². The van der Waals surface area contributed by atoms with Gasteiger partial charge in [-0.2, -0.15) is 0 Å². The van der Waals surface area contributed by atoms with Gasteiger partial charge in [0.2, 0.25) is 0 Å². The SMILES string of the molecule is COc1cc([C@@H](C)N)ccc1OCCC(C)(C)O. The molecular formula is C14H23NO3. The molecule has 0 saturated heterocycles. The van der Waals surface area contributed by atoms with Crippen LogP contribution in [-0.4, -0.2) is 24.4 Å². The van der Waals surface area contributed by atoms with E-state index in [2.05, 4.69) is 0 Å². The van der Waals surface area contributed by atoms with Gasteiger partial charge in [-0.25, -0.2) is 0 Å².